The van der Waals surface area contributed by atoms with E-state index in [9.17, 15) is 9.59 Å². The number of amides is 2. The van der Waals surface area contributed by atoms with E-state index in [1.54, 1.807) is 30.0 Å². The Balaban J connectivity index is 1.52. The maximum atomic E-state index is 13.1. The molecule has 1 aromatic heterocycles. The quantitative estimate of drug-likeness (QED) is 0.656. The highest BCUT2D eigenvalue weighted by Gasteiger charge is 2.41. The summed E-state index contributed by atoms with van der Waals surface area (Å²) in [5.41, 5.74) is 0.143. The summed E-state index contributed by atoms with van der Waals surface area (Å²) in [5, 5.41) is 4.42. The lowest BCUT2D eigenvalue weighted by Crippen LogP contribution is -2.52. The largest absolute Gasteiger partial charge is 0.493 e. The maximum absolute atomic E-state index is 13.1. The van der Waals surface area contributed by atoms with Gasteiger partial charge in [0.05, 0.1) is 25.5 Å². The van der Waals surface area contributed by atoms with Crippen LogP contribution in [0.1, 0.15) is 35.5 Å². The van der Waals surface area contributed by atoms with Crippen LogP contribution in [-0.4, -0.2) is 72.8 Å². The number of rotatable bonds is 6. The van der Waals surface area contributed by atoms with Gasteiger partial charge in [-0.25, -0.2) is 0 Å². The minimum absolute atomic E-state index is 0.0628. The second-order valence-corrected chi connectivity index (χ2v) is 9.02. The van der Waals surface area contributed by atoms with E-state index < -0.39 is 5.41 Å². The minimum Gasteiger partial charge on any atom is -0.493 e. The predicted octanol–water partition coefficient (Wildman–Crippen LogP) is 3.19. The van der Waals surface area contributed by atoms with Crippen molar-refractivity contribution in [1.29, 1.82) is 0 Å². The summed E-state index contributed by atoms with van der Waals surface area (Å²) in [7, 11) is 0. The Morgan fingerprint density at radius 1 is 1.19 bits per heavy atom. The van der Waals surface area contributed by atoms with Crippen LogP contribution in [0, 0.1) is 12.3 Å². The summed E-state index contributed by atoms with van der Waals surface area (Å²) in [6.07, 6.45) is 1.85. The predicted molar refractivity (Wildman–Crippen MR) is 118 cm³/mol. The fraction of sp³-hybridized carbons (Fsp3) is 0.522. The second kappa shape index (κ2) is 9.92. The van der Waals surface area contributed by atoms with E-state index in [0.29, 0.717) is 68.9 Å². The number of aryl methyl sites for hydroxylation is 1. The van der Waals surface area contributed by atoms with Crippen molar-refractivity contribution < 1.29 is 23.6 Å². The van der Waals surface area contributed by atoms with Gasteiger partial charge in [-0.1, -0.05) is 22.8 Å². The third kappa shape index (κ3) is 5.42. The van der Waals surface area contributed by atoms with E-state index in [4.69, 9.17) is 25.6 Å². The molecule has 2 aromatic rings. The zero-order chi connectivity index (χ0) is 22.6. The summed E-state index contributed by atoms with van der Waals surface area (Å²) in [5.74, 6) is 0.711. The van der Waals surface area contributed by atoms with Crippen molar-refractivity contribution in [3.8, 4) is 5.75 Å². The van der Waals surface area contributed by atoms with Crippen LogP contribution in [0.25, 0.3) is 0 Å². The zero-order valence-corrected chi connectivity index (χ0v) is 19.0. The van der Waals surface area contributed by atoms with Gasteiger partial charge in [0.15, 0.2) is 0 Å². The highest BCUT2D eigenvalue weighted by atomic mass is 35.5. The lowest BCUT2D eigenvalue weighted by molar-refractivity contribution is -0.139. The van der Waals surface area contributed by atoms with Crippen LogP contribution in [0.2, 0.25) is 5.02 Å². The first-order valence-corrected chi connectivity index (χ1v) is 11.3. The molecule has 9 heteroatoms. The number of hydrogen-bond acceptors (Lipinski definition) is 6. The number of carbonyl (C=O) groups excluding carboxylic acids is 2. The molecule has 2 aliphatic rings. The van der Waals surface area contributed by atoms with Gasteiger partial charge in [-0.15, -0.1) is 0 Å². The summed E-state index contributed by atoms with van der Waals surface area (Å²) >= 11 is 6.10. The third-order valence-electron chi connectivity index (χ3n) is 6.02. The molecule has 8 nitrogen and oxygen atoms in total. The van der Waals surface area contributed by atoms with Gasteiger partial charge < -0.3 is 23.8 Å². The highest BCUT2D eigenvalue weighted by molar-refractivity contribution is 6.30. The van der Waals surface area contributed by atoms with Crippen LogP contribution < -0.4 is 4.74 Å². The normalized spacial score (nSPS) is 21.4. The Morgan fingerprint density at radius 2 is 2.00 bits per heavy atom. The number of piperidine rings is 1. The number of hydrogen-bond donors (Lipinski definition) is 0. The van der Waals surface area contributed by atoms with Gasteiger partial charge in [-0.2, -0.15) is 0 Å². The van der Waals surface area contributed by atoms with Crippen LogP contribution >= 0.6 is 11.6 Å². The van der Waals surface area contributed by atoms with Crippen LogP contribution in [-0.2, 0) is 9.53 Å². The molecule has 0 unspecified atom stereocenters. The van der Waals surface area contributed by atoms with E-state index in [-0.39, 0.29) is 17.6 Å². The van der Waals surface area contributed by atoms with Gasteiger partial charge in [0.2, 0.25) is 11.7 Å². The molecule has 2 fully saturated rings. The van der Waals surface area contributed by atoms with Gasteiger partial charge in [-0.05, 0) is 38.0 Å². The van der Waals surface area contributed by atoms with Gasteiger partial charge >= 0.3 is 0 Å². The molecule has 0 radical (unpaired) electrons. The van der Waals surface area contributed by atoms with Crippen molar-refractivity contribution in [3.05, 3.63) is 46.8 Å². The fourth-order valence-electron chi connectivity index (χ4n) is 4.35. The molecule has 3 heterocycles. The Morgan fingerprint density at radius 3 is 2.72 bits per heavy atom. The number of nitrogens with zero attached hydrogens (tertiary/aromatic N) is 3. The smallest absolute Gasteiger partial charge is 0.292 e. The molecule has 0 saturated carbocycles. The fourth-order valence-corrected chi connectivity index (χ4v) is 4.53. The van der Waals surface area contributed by atoms with E-state index >= 15 is 0 Å². The molecule has 0 spiro atoms. The first-order chi connectivity index (χ1) is 15.4. The van der Waals surface area contributed by atoms with E-state index in [0.717, 1.165) is 12.8 Å². The van der Waals surface area contributed by atoms with Crippen molar-refractivity contribution in [2.24, 2.45) is 5.41 Å². The van der Waals surface area contributed by atoms with Crippen molar-refractivity contribution in [2.45, 2.75) is 26.2 Å². The van der Waals surface area contributed by atoms with Crippen molar-refractivity contribution >= 4 is 23.4 Å². The summed E-state index contributed by atoms with van der Waals surface area (Å²) in [4.78, 5) is 29.8. The lowest BCUT2D eigenvalue weighted by Gasteiger charge is -2.43. The molecule has 1 atom stereocenters. The van der Waals surface area contributed by atoms with Gasteiger partial charge in [-0.3, -0.25) is 9.59 Å². The first kappa shape index (κ1) is 22.6. The molecule has 172 valence electrons. The molecule has 32 heavy (non-hydrogen) atoms. The van der Waals surface area contributed by atoms with Crippen LogP contribution in [0.4, 0.5) is 0 Å². The number of ether oxygens (including phenoxy) is 2. The van der Waals surface area contributed by atoms with Crippen LogP contribution in [0.3, 0.4) is 0 Å². The molecule has 0 aliphatic carbocycles. The maximum Gasteiger partial charge on any atom is 0.292 e. The van der Waals surface area contributed by atoms with Gasteiger partial charge in [0.25, 0.3) is 5.91 Å². The molecule has 2 amide bonds. The Kier molecular flexibility index (Phi) is 7.01. The van der Waals surface area contributed by atoms with Gasteiger partial charge in [0, 0.05) is 49.1 Å². The van der Waals surface area contributed by atoms with Crippen molar-refractivity contribution in [3.63, 3.8) is 0 Å². The number of benzene rings is 1. The molecule has 2 saturated heterocycles. The second-order valence-electron chi connectivity index (χ2n) is 8.58. The van der Waals surface area contributed by atoms with Crippen LogP contribution in [0.5, 0.6) is 5.75 Å². The topological polar surface area (TPSA) is 85.1 Å². The number of morpholine rings is 1. The molecular formula is C23H28ClN3O5. The van der Waals surface area contributed by atoms with Crippen LogP contribution in [0.15, 0.2) is 34.9 Å². The average Bonchev–Trinajstić information content (AvgIpc) is 3.24. The van der Waals surface area contributed by atoms with Crippen molar-refractivity contribution in [2.75, 3.05) is 46.0 Å². The lowest BCUT2D eigenvalue weighted by atomic mass is 9.77. The molecule has 2 aliphatic heterocycles. The van der Waals surface area contributed by atoms with E-state index in [2.05, 4.69) is 5.16 Å². The average molecular weight is 462 g/mol. The van der Waals surface area contributed by atoms with E-state index in [1.165, 1.54) is 0 Å². The molecule has 1 aromatic carbocycles. The summed E-state index contributed by atoms with van der Waals surface area (Å²) in [6.45, 7) is 5.36. The summed E-state index contributed by atoms with van der Waals surface area (Å²) < 4.78 is 16.7. The van der Waals surface area contributed by atoms with E-state index in [1.807, 2.05) is 17.0 Å². The van der Waals surface area contributed by atoms with Crippen molar-refractivity contribution in [1.82, 2.24) is 15.0 Å². The standard InChI is InChI=1S/C23H28ClN3O5/c1-17-12-20(32-25-17)22(29)27-7-3-6-23(15-27,14-21(28)26-8-10-30-11-9-26)16-31-19-5-2-4-18(24)13-19/h2,4-5,12-13H,3,6-11,14-16H2,1H3/t23-/m1/s1. The zero-order valence-electron chi connectivity index (χ0n) is 18.2. The van der Waals surface area contributed by atoms with Gasteiger partial charge in [0.1, 0.15) is 5.75 Å². The number of aromatic nitrogens is 1. The first-order valence-electron chi connectivity index (χ1n) is 10.9. The molecule has 4 rings (SSSR count). The number of likely N-dealkylation sites (tertiary alicyclic amines) is 1. The Hall–Kier alpha value is -2.58. The summed E-state index contributed by atoms with van der Waals surface area (Å²) in [6, 6.07) is 8.84. The molecule has 0 N–H and O–H groups in total. The molecule has 0 bridgehead atoms. The number of halogens is 1. The highest BCUT2D eigenvalue weighted by Crippen LogP contribution is 2.36. The SMILES string of the molecule is Cc1cc(C(=O)N2CCC[C@@](COc3cccc(Cl)c3)(CC(=O)N3CCOCC3)C2)on1. The molecular weight excluding hydrogens is 434 g/mol. The monoisotopic (exact) mass is 461 g/mol. The number of carbonyl (C=O) groups is 2. The Labute approximate surface area is 192 Å². The third-order valence-corrected chi connectivity index (χ3v) is 6.25. The minimum atomic E-state index is -0.513. The Bertz CT molecular complexity index is 959.